The lowest BCUT2D eigenvalue weighted by molar-refractivity contribution is -0.379. The van der Waals surface area contributed by atoms with E-state index in [2.05, 4.69) is 79.9 Å². The largest absolute Gasteiger partial charge is 0.394 e. The van der Waals surface area contributed by atoms with E-state index < -0.39 is 131 Å². The highest BCUT2D eigenvalue weighted by atomic mass is 16.8. The zero-order chi connectivity index (χ0) is 52.0. The van der Waals surface area contributed by atoms with E-state index in [0.717, 1.165) is 57.8 Å². The summed E-state index contributed by atoms with van der Waals surface area (Å²) in [6, 6.07) is -1.02. The van der Waals surface area contributed by atoms with Crippen LogP contribution in [-0.2, 0) is 33.2 Å². The highest BCUT2D eigenvalue weighted by molar-refractivity contribution is 5.76. The first-order valence-electron chi connectivity index (χ1n) is 25.3. The van der Waals surface area contributed by atoms with E-state index in [1.807, 2.05) is 12.2 Å². The van der Waals surface area contributed by atoms with Crippen LogP contribution in [0.2, 0.25) is 0 Å². The molecule has 3 aliphatic rings. The van der Waals surface area contributed by atoms with Crippen LogP contribution in [-0.4, -0.2) is 193 Å². The number of hydrogen-bond acceptors (Lipinski definition) is 18. The molecule has 0 radical (unpaired) electrons. The van der Waals surface area contributed by atoms with Crippen LogP contribution in [0.1, 0.15) is 104 Å². The monoisotopic (exact) mass is 1010 g/mol. The van der Waals surface area contributed by atoms with Crippen molar-refractivity contribution in [1.82, 2.24) is 5.32 Å². The minimum atomic E-state index is -1.99. The molecule has 0 aromatic heterocycles. The smallest absolute Gasteiger partial charge is 0.220 e. The number of carbonyl (C=O) groups excluding carboxylic acids is 1. The first kappa shape index (κ1) is 62.3. The fraction of sp³-hybridized carbons (Fsp3) is 0.712. The van der Waals surface area contributed by atoms with Crippen molar-refractivity contribution in [1.29, 1.82) is 0 Å². The Morgan fingerprint density at radius 2 is 0.972 bits per heavy atom. The van der Waals surface area contributed by atoms with Crippen molar-refractivity contribution in [2.24, 2.45) is 0 Å². The van der Waals surface area contributed by atoms with Gasteiger partial charge in [-0.25, -0.2) is 0 Å². The molecule has 0 saturated carbocycles. The zero-order valence-corrected chi connectivity index (χ0v) is 41.4. The molecule has 3 heterocycles. The van der Waals surface area contributed by atoms with Crippen molar-refractivity contribution >= 4 is 5.91 Å². The van der Waals surface area contributed by atoms with Crippen molar-refractivity contribution in [2.45, 2.75) is 208 Å². The molecule has 0 aliphatic carbocycles. The summed E-state index contributed by atoms with van der Waals surface area (Å²) >= 11 is 0. The number of rotatable bonds is 33. The van der Waals surface area contributed by atoms with Gasteiger partial charge in [-0.1, -0.05) is 112 Å². The van der Waals surface area contributed by atoms with Crippen LogP contribution >= 0.6 is 0 Å². The van der Waals surface area contributed by atoms with E-state index in [0.29, 0.717) is 19.3 Å². The Morgan fingerprint density at radius 1 is 0.521 bits per heavy atom. The number of amides is 1. The Hall–Kier alpha value is -3.03. The van der Waals surface area contributed by atoms with E-state index in [1.165, 1.54) is 6.42 Å². The minimum absolute atomic E-state index is 0.151. The average molecular weight is 1010 g/mol. The molecular formula is C52H85NO18. The second kappa shape index (κ2) is 36.0. The van der Waals surface area contributed by atoms with Gasteiger partial charge in [0.15, 0.2) is 18.9 Å². The standard InChI is InChI=1S/C52H85NO18/c1-3-5-7-9-11-13-14-15-16-17-18-19-20-22-24-26-28-30-40(58)53-35(36(57)29-27-25-23-21-12-10-8-6-4-2)34-66-50-46(64)43(61)48(38(32-55)68-50)71-52-47(65)44(62)49(39(33-56)69-52)70-51-45(63)42(60)41(59)37(31-54)67-51/h5,7,11-13,15-16,18-19,21-22,24,27,29,35-39,41-52,54-57,59-65H,3-4,6,8-10,14,17,20,23,25-26,28,30-34H2,1-2H3,(H,53,58)/b7-5-,13-11-,16-15-,19-18-,21-12+,24-22-,29-27+. The van der Waals surface area contributed by atoms with Crippen LogP contribution in [0.25, 0.3) is 0 Å². The fourth-order valence-electron chi connectivity index (χ4n) is 7.94. The lowest BCUT2D eigenvalue weighted by Crippen LogP contribution is -2.66. The fourth-order valence-corrected chi connectivity index (χ4v) is 7.94. The predicted octanol–water partition coefficient (Wildman–Crippen LogP) is 1.69. The number of allylic oxidation sites excluding steroid dienone is 13. The third kappa shape index (κ3) is 21.8. The second-order valence-electron chi connectivity index (χ2n) is 17.9. The number of ether oxygens (including phenoxy) is 6. The first-order valence-corrected chi connectivity index (χ1v) is 25.3. The molecule has 17 atom stereocenters. The molecule has 0 aromatic rings. The normalized spacial score (nSPS) is 33.0. The molecular weight excluding hydrogens is 927 g/mol. The molecule has 12 N–H and O–H groups in total. The van der Waals surface area contributed by atoms with Gasteiger partial charge in [0.2, 0.25) is 5.91 Å². The van der Waals surface area contributed by atoms with Crippen molar-refractivity contribution in [3.63, 3.8) is 0 Å². The van der Waals surface area contributed by atoms with E-state index in [1.54, 1.807) is 12.2 Å². The molecule has 17 unspecified atom stereocenters. The number of unbranched alkanes of at least 4 members (excludes halogenated alkanes) is 5. The third-order valence-electron chi connectivity index (χ3n) is 12.2. The van der Waals surface area contributed by atoms with Gasteiger partial charge < -0.3 is 89.9 Å². The van der Waals surface area contributed by atoms with Crippen LogP contribution < -0.4 is 5.32 Å². The predicted molar refractivity (Wildman–Crippen MR) is 263 cm³/mol. The maximum atomic E-state index is 13.2. The second-order valence-corrected chi connectivity index (χ2v) is 17.9. The molecule has 0 bridgehead atoms. The van der Waals surface area contributed by atoms with Crippen LogP contribution in [0.5, 0.6) is 0 Å². The zero-order valence-electron chi connectivity index (χ0n) is 41.4. The Morgan fingerprint density at radius 3 is 1.52 bits per heavy atom. The number of aliphatic hydroxyl groups excluding tert-OH is 11. The molecule has 19 heteroatoms. The summed E-state index contributed by atoms with van der Waals surface area (Å²) in [6.45, 7) is 1.42. The maximum absolute atomic E-state index is 13.2. The molecule has 3 rings (SSSR count). The number of hydrogen-bond donors (Lipinski definition) is 12. The van der Waals surface area contributed by atoms with E-state index in [4.69, 9.17) is 28.4 Å². The number of aliphatic hydroxyl groups is 11. The van der Waals surface area contributed by atoms with Gasteiger partial charge in [0.05, 0.1) is 38.6 Å². The minimum Gasteiger partial charge on any atom is -0.394 e. The SMILES string of the molecule is CC/C=C\C/C=C\C/C=C\C/C=C\C/C=C\CCCC(=O)NC(COC1OC(CO)C(OC2OC(CO)C(OC3OC(CO)C(O)C(O)C3O)C(O)C2O)C(O)C1O)C(O)/C=C/CC/C=C/CCCCC. The van der Waals surface area contributed by atoms with Crippen LogP contribution in [0, 0.1) is 0 Å². The molecule has 0 aromatic carbocycles. The lowest BCUT2D eigenvalue weighted by Gasteiger charge is -2.48. The number of carbonyl (C=O) groups is 1. The number of nitrogens with one attached hydrogen (secondary N) is 1. The van der Waals surface area contributed by atoms with Gasteiger partial charge in [0.25, 0.3) is 0 Å². The molecule has 19 nitrogen and oxygen atoms in total. The van der Waals surface area contributed by atoms with Crippen LogP contribution in [0.4, 0.5) is 0 Å². The lowest BCUT2D eigenvalue weighted by atomic mass is 9.96. The first-order chi connectivity index (χ1) is 34.3. The van der Waals surface area contributed by atoms with Gasteiger partial charge in [0.1, 0.15) is 73.2 Å². The quantitative estimate of drug-likeness (QED) is 0.0329. The summed E-state index contributed by atoms with van der Waals surface area (Å²) in [5, 5.41) is 119. The third-order valence-corrected chi connectivity index (χ3v) is 12.2. The maximum Gasteiger partial charge on any atom is 0.220 e. The summed E-state index contributed by atoms with van der Waals surface area (Å²) in [5.41, 5.74) is 0. The van der Waals surface area contributed by atoms with Crippen LogP contribution in [0.15, 0.2) is 85.1 Å². The Labute approximate surface area is 419 Å². The summed E-state index contributed by atoms with van der Waals surface area (Å²) in [7, 11) is 0. The van der Waals surface area contributed by atoms with Crippen molar-refractivity contribution in [3.05, 3.63) is 85.1 Å². The summed E-state index contributed by atoms with van der Waals surface area (Å²) in [4.78, 5) is 13.2. The summed E-state index contributed by atoms with van der Waals surface area (Å²) in [6.07, 6.45) is 13.3. The Balaban J connectivity index is 1.57. The summed E-state index contributed by atoms with van der Waals surface area (Å²) < 4.78 is 34.0. The highest BCUT2D eigenvalue weighted by Crippen LogP contribution is 2.33. The van der Waals surface area contributed by atoms with Gasteiger partial charge in [0, 0.05) is 6.42 Å². The van der Waals surface area contributed by atoms with Crippen molar-refractivity contribution in [3.8, 4) is 0 Å². The topological polar surface area (TPSA) is 307 Å². The van der Waals surface area contributed by atoms with Gasteiger partial charge in [-0.15, -0.1) is 0 Å². The van der Waals surface area contributed by atoms with Gasteiger partial charge in [-0.2, -0.15) is 0 Å². The van der Waals surface area contributed by atoms with Gasteiger partial charge in [-0.3, -0.25) is 4.79 Å². The van der Waals surface area contributed by atoms with Gasteiger partial charge in [-0.05, 0) is 70.6 Å². The molecule has 1 amide bonds. The summed E-state index contributed by atoms with van der Waals surface area (Å²) in [5.74, 6) is -0.351. The molecule has 3 saturated heterocycles. The Kier molecular flexibility index (Phi) is 31.6. The van der Waals surface area contributed by atoms with Crippen molar-refractivity contribution in [2.75, 3.05) is 26.4 Å². The van der Waals surface area contributed by atoms with E-state index >= 15 is 0 Å². The van der Waals surface area contributed by atoms with E-state index in [-0.39, 0.29) is 12.3 Å². The van der Waals surface area contributed by atoms with Crippen LogP contribution in [0.3, 0.4) is 0 Å². The van der Waals surface area contributed by atoms with Gasteiger partial charge >= 0.3 is 0 Å². The van der Waals surface area contributed by atoms with Crippen molar-refractivity contribution < 1.29 is 89.4 Å². The molecule has 71 heavy (non-hydrogen) atoms. The van der Waals surface area contributed by atoms with E-state index in [9.17, 15) is 61.0 Å². The Bertz CT molecular complexity index is 1630. The highest BCUT2D eigenvalue weighted by Gasteiger charge is 2.53. The molecule has 406 valence electrons. The average Bonchev–Trinajstić information content (AvgIpc) is 3.36. The molecule has 0 spiro atoms. The molecule has 3 fully saturated rings. The molecule has 3 aliphatic heterocycles.